The molecule has 1 fully saturated rings. The van der Waals surface area contributed by atoms with Crippen molar-refractivity contribution in [1.82, 2.24) is 25.1 Å². The van der Waals surface area contributed by atoms with Crippen molar-refractivity contribution in [2.75, 3.05) is 98.5 Å². The number of hydrogen-bond donors (Lipinski definition) is 5. The number of hydrogen-bond acceptors (Lipinski definition) is 9. The molecule has 0 aromatic carbocycles. The van der Waals surface area contributed by atoms with Gasteiger partial charge < -0.3 is 30.3 Å². The van der Waals surface area contributed by atoms with E-state index in [1.165, 1.54) is 0 Å². The first-order valence-corrected chi connectivity index (χ1v) is 10.3. The first kappa shape index (κ1) is 24.7. The predicted octanol–water partition coefficient (Wildman–Crippen LogP) is -1.71. The highest BCUT2D eigenvalue weighted by Crippen LogP contribution is 2.03. The third kappa shape index (κ3) is 11.9. The molecule has 27 heavy (non-hydrogen) atoms. The molecule has 1 aliphatic heterocycles. The van der Waals surface area contributed by atoms with Crippen molar-refractivity contribution >= 4 is 0 Å². The van der Waals surface area contributed by atoms with E-state index >= 15 is 0 Å². The third-order valence-corrected chi connectivity index (χ3v) is 5.12. The summed E-state index contributed by atoms with van der Waals surface area (Å²) in [4.78, 5) is 9.04. The highest BCUT2D eigenvalue weighted by atomic mass is 16.5. The second kappa shape index (κ2) is 16.6. The number of aliphatic hydroxyl groups is 3. The topological polar surface area (TPSA) is 106 Å². The summed E-state index contributed by atoms with van der Waals surface area (Å²) in [6.07, 6.45) is 2.99. The zero-order valence-corrected chi connectivity index (χ0v) is 16.8. The van der Waals surface area contributed by atoms with Gasteiger partial charge in [0.2, 0.25) is 0 Å². The van der Waals surface area contributed by atoms with Gasteiger partial charge in [0.25, 0.3) is 0 Å². The molecule has 0 aliphatic carbocycles. The van der Waals surface area contributed by atoms with Crippen molar-refractivity contribution in [3.8, 4) is 0 Å². The van der Waals surface area contributed by atoms with Gasteiger partial charge in [0, 0.05) is 39.3 Å². The summed E-state index contributed by atoms with van der Waals surface area (Å²) in [5.74, 6) is 0. The van der Waals surface area contributed by atoms with Gasteiger partial charge in [-0.15, -0.1) is 0 Å². The smallest absolute Gasteiger partial charge is 0.0723 e. The molecular weight excluding hydrogens is 350 g/mol. The molecule has 5 N–H and O–H groups in total. The highest BCUT2D eigenvalue weighted by molar-refractivity contribution is 4.68. The minimum Gasteiger partial charge on any atom is -0.395 e. The van der Waals surface area contributed by atoms with Gasteiger partial charge in [0.05, 0.1) is 26.5 Å². The normalized spacial score (nSPS) is 21.8. The lowest BCUT2D eigenvalue weighted by Gasteiger charge is -2.28. The van der Waals surface area contributed by atoms with Crippen LogP contribution in [0.3, 0.4) is 0 Å². The van der Waals surface area contributed by atoms with E-state index in [-0.39, 0.29) is 19.8 Å². The van der Waals surface area contributed by atoms with Gasteiger partial charge in [-0.2, -0.15) is 5.48 Å². The first-order valence-electron chi connectivity index (χ1n) is 10.3. The lowest BCUT2D eigenvalue weighted by atomic mass is 10.3. The molecule has 1 saturated heterocycles. The van der Waals surface area contributed by atoms with E-state index in [1.54, 1.807) is 0 Å². The molecule has 9 heteroatoms. The Morgan fingerprint density at radius 1 is 0.519 bits per heavy atom. The van der Waals surface area contributed by atoms with Crippen molar-refractivity contribution in [2.24, 2.45) is 0 Å². The molecule has 1 aliphatic rings. The molecule has 9 nitrogen and oxygen atoms in total. The molecule has 0 bridgehead atoms. The van der Waals surface area contributed by atoms with Crippen LogP contribution >= 0.6 is 0 Å². The third-order valence-electron chi connectivity index (χ3n) is 5.12. The van der Waals surface area contributed by atoms with E-state index in [4.69, 9.17) is 5.21 Å². The monoisotopic (exact) mass is 391 g/mol. The zero-order chi connectivity index (χ0) is 19.7. The van der Waals surface area contributed by atoms with E-state index in [2.05, 4.69) is 25.1 Å². The highest BCUT2D eigenvalue weighted by Gasteiger charge is 2.13. The van der Waals surface area contributed by atoms with Crippen LogP contribution in [-0.2, 0) is 0 Å². The van der Waals surface area contributed by atoms with Gasteiger partial charge in [0.15, 0.2) is 0 Å². The maximum atomic E-state index is 9.33. The Kier molecular flexibility index (Phi) is 15.2. The summed E-state index contributed by atoms with van der Waals surface area (Å²) in [6.45, 7) is 10.2. The standard InChI is InChI=1S/C18H41N5O4/c24-15-12-20-4-1-5-21(13-16-25)7-3-9-23(18-19-27)11-10-22(14-17-26)8-2-6-20/h19,24-27H,1-18H2. The van der Waals surface area contributed by atoms with Crippen molar-refractivity contribution < 1.29 is 20.5 Å². The van der Waals surface area contributed by atoms with Crippen LogP contribution in [0.5, 0.6) is 0 Å². The Bertz CT molecular complexity index is 311. The SMILES string of the molecule is OCCN1CCCN(CCO)CCCN(CNO)CCN(CCO)CCC1. The lowest BCUT2D eigenvalue weighted by Crippen LogP contribution is -2.42. The van der Waals surface area contributed by atoms with E-state index in [1.807, 2.05) is 0 Å². The fourth-order valence-electron chi connectivity index (χ4n) is 3.64. The predicted molar refractivity (Wildman–Crippen MR) is 106 cm³/mol. The number of nitrogens with zero attached hydrogens (tertiary/aromatic N) is 4. The quantitative estimate of drug-likeness (QED) is 0.309. The second-order valence-corrected chi connectivity index (χ2v) is 7.19. The average molecular weight is 392 g/mol. The second-order valence-electron chi connectivity index (χ2n) is 7.19. The van der Waals surface area contributed by atoms with Crippen LogP contribution in [0.15, 0.2) is 0 Å². The van der Waals surface area contributed by atoms with E-state index in [9.17, 15) is 15.3 Å². The molecule has 0 unspecified atom stereocenters. The van der Waals surface area contributed by atoms with Crippen LogP contribution in [0, 0.1) is 0 Å². The van der Waals surface area contributed by atoms with Crippen molar-refractivity contribution in [1.29, 1.82) is 0 Å². The molecule has 0 atom stereocenters. The minimum absolute atomic E-state index is 0.148. The summed E-state index contributed by atoms with van der Waals surface area (Å²) in [6, 6.07) is 0. The van der Waals surface area contributed by atoms with Gasteiger partial charge >= 0.3 is 0 Å². The summed E-state index contributed by atoms with van der Waals surface area (Å²) < 4.78 is 0. The summed E-state index contributed by atoms with van der Waals surface area (Å²) in [5, 5.41) is 37.1. The molecule has 0 spiro atoms. The Balaban J connectivity index is 2.68. The van der Waals surface area contributed by atoms with Gasteiger partial charge in [-0.25, -0.2) is 0 Å². The number of β-amino-alcohol motifs (C(OH)–C–C–N with tert-alkyl or cyclic N) is 3. The molecule has 0 radical (unpaired) electrons. The molecule has 162 valence electrons. The van der Waals surface area contributed by atoms with Crippen LogP contribution < -0.4 is 5.48 Å². The Morgan fingerprint density at radius 2 is 0.852 bits per heavy atom. The molecular formula is C18H41N5O4. The number of nitrogens with one attached hydrogen (secondary N) is 1. The molecule has 0 aromatic rings. The van der Waals surface area contributed by atoms with Gasteiger partial charge in [-0.1, -0.05) is 0 Å². The Morgan fingerprint density at radius 3 is 1.22 bits per heavy atom. The number of hydroxylamine groups is 1. The maximum absolute atomic E-state index is 9.33. The summed E-state index contributed by atoms with van der Waals surface area (Å²) in [7, 11) is 0. The largest absolute Gasteiger partial charge is 0.395 e. The molecule has 0 amide bonds. The summed E-state index contributed by atoms with van der Waals surface area (Å²) >= 11 is 0. The van der Waals surface area contributed by atoms with Crippen molar-refractivity contribution in [2.45, 2.75) is 19.3 Å². The van der Waals surface area contributed by atoms with Gasteiger partial charge in [-0.3, -0.25) is 9.80 Å². The van der Waals surface area contributed by atoms with Gasteiger partial charge in [0.1, 0.15) is 0 Å². The zero-order valence-electron chi connectivity index (χ0n) is 16.8. The van der Waals surface area contributed by atoms with Gasteiger partial charge in [-0.05, 0) is 52.0 Å². The Labute approximate surface area is 164 Å². The fourth-order valence-corrected chi connectivity index (χ4v) is 3.64. The van der Waals surface area contributed by atoms with Crippen LogP contribution in [0.4, 0.5) is 0 Å². The summed E-state index contributed by atoms with van der Waals surface area (Å²) in [5.41, 5.74) is 2.26. The van der Waals surface area contributed by atoms with Crippen molar-refractivity contribution in [3.63, 3.8) is 0 Å². The minimum atomic E-state index is 0.148. The molecule has 0 saturated carbocycles. The average Bonchev–Trinajstić information content (AvgIpc) is 2.65. The molecule has 1 heterocycles. The Hall–Kier alpha value is -0.360. The maximum Gasteiger partial charge on any atom is 0.0723 e. The van der Waals surface area contributed by atoms with Crippen LogP contribution in [-0.4, -0.2) is 139 Å². The fraction of sp³-hybridized carbons (Fsp3) is 1.00. The first-order chi connectivity index (χ1) is 13.2. The molecule has 1 rings (SSSR count). The van der Waals surface area contributed by atoms with Crippen LogP contribution in [0.2, 0.25) is 0 Å². The lowest BCUT2D eigenvalue weighted by molar-refractivity contribution is 0.0840. The number of rotatable bonds is 8. The van der Waals surface area contributed by atoms with E-state index in [0.29, 0.717) is 26.3 Å². The van der Waals surface area contributed by atoms with Crippen LogP contribution in [0.1, 0.15) is 19.3 Å². The van der Waals surface area contributed by atoms with Crippen LogP contribution in [0.25, 0.3) is 0 Å². The van der Waals surface area contributed by atoms with E-state index in [0.717, 1.165) is 71.6 Å². The van der Waals surface area contributed by atoms with Crippen molar-refractivity contribution in [3.05, 3.63) is 0 Å². The van der Waals surface area contributed by atoms with E-state index < -0.39 is 0 Å². The number of aliphatic hydroxyl groups excluding tert-OH is 3. The molecule has 0 aromatic heterocycles.